The number of amides is 2. The number of urea groups is 1. The Bertz CT molecular complexity index is 859. The first-order valence-corrected chi connectivity index (χ1v) is 10.2. The maximum absolute atomic E-state index is 12.9. The summed E-state index contributed by atoms with van der Waals surface area (Å²) in [6, 6.07) is 13.0. The second kappa shape index (κ2) is 9.71. The molecule has 0 spiro atoms. The third kappa shape index (κ3) is 4.62. The third-order valence-corrected chi connectivity index (χ3v) is 6.03. The van der Waals surface area contributed by atoms with Crippen LogP contribution in [0.3, 0.4) is 0 Å². The molecule has 0 bridgehead atoms. The van der Waals surface area contributed by atoms with E-state index in [-0.39, 0.29) is 18.5 Å². The molecule has 0 saturated carbocycles. The molecule has 2 fully saturated rings. The fourth-order valence-corrected chi connectivity index (χ4v) is 4.78. The van der Waals surface area contributed by atoms with Crippen LogP contribution in [0.15, 0.2) is 48.8 Å². The molecular formula is C23H30N4O3. The lowest BCUT2D eigenvalue weighted by Gasteiger charge is -2.32. The van der Waals surface area contributed by atoms with Gasteiger partial charge in [0, 0.05) is 58.6 Å². The van der Waals surface area contributed by atoms with Crippen molar-refractivity contribution in [1.82, 2.24) is 19.7 Å². The number of carbonyl (C=O) groups is 2. The van der Waals surface area contributed by atoms with Gasteiger partial charge >= 0.3 is 6.03 Å². The van der Waals surface area contributed by atoms with Crippen LogP contribution in [0, 0.1) is 18.8 Å². The highest BCUT2D eigenvalue weighted by atomic mass is 16.3. The van der Waals surface area contributed by atoms with Crippen LogP contribution in [0.25, 0.3) is 0 Å². The minimum absolute atomic E-state index is 0.123. The molecule has 3 atom stereocenters. The van der Waals surface area contributed by atoms with E-state index in [0.29, 0.717) is 11.8 Å². The van der Waals surface area contributed by atoms with Crippen molar-refractivity contribution in [1.29, 1.82) is 0 Å². The van der Waals surface area contributed by atoms with Crippen molar-refractivity contribution >= 4 is 12.5 Å². The second-order valence-electron chi connectivity index (χ2n) is 8.21. The standard InChI is InChI=1S/C22H28N4O.CH2O2/c1-16-6-4-5-7-19(16)21-20-15-25(12-17-8-10-23-11-9-17)13-18(20)14-26(21)22(27)24(2)3;2-1-3/h4-11,18,20-21H,12-15H2,1-3H3;1H,(H,2,3)/t18-,20-,21+;/m1./s1. The number of nitrogens with zero attached hydrogens (tertiary/aromatic N) is 4. The van der Waals surface area contributed by atoms with E-state index in [2.05, 4.69) is 58.1 Å². The molecule has 2 aliphatic heterocycles. The Morgan fingerprint density at radius 1 is 1.17 bits per heavy atom. The van der Waals surface area contributed by atoms with Crippen LogP contribution in [-0.2, 0) is 11.3 Å². The molecule has 3 heterocycles. The SMILES string of the molecule is Cc1ccccc1[C@H]1[C@@H]2CN(Cc3ccncc3)C[C@@H]2CN1C(=O)N(C)C.O=CO. The number of fused-ring (bicyclic) bond motifs is 1. The lowest BCUT2D eigenvalue weighted by Crippen LogP contribution is -2.41. The molecule has 0 aliphatic carbocycles. The van der Waals surface area contributed by atoms with Gasteiger partial charge in [-0.25, -0.2) is 4.79 Å². The van der Waals surface area contributed by atoms with Crippen LogP contribution in [0.1, 0.15) is 22.7 Å². The molecule has 1 N–H and O–H groups in total. The Morgan fingerprint density at radius 2 is 1.83 bits per heavy atom. The van der Waals surface area contributed by atoms with Gasteiger partial charge < -0.3 is 14.9 Å². The van der Waals surface area contributed by atoms with Gasteiger partial charge in [0.1, 0.15) is 0 Å². The zero-order valence-electron chi connectivity index (χ0n) is 17.8. The maximum Gasteiger partial charge on any atom is 0.320 e. The van der Waals surface area contributed by atoms with Crippen LogP contribution < -0.4 is 0 Å². The van der Waals surface area contributed by atoms with Gasteiger partial charge in [0.25, 0.3) is 6.47 Å². The van der Waals surface area contributed by atoms with Gasteiger partial charge in [-0.15, -0.1) is 0 Å². The minimum Gasteiger partial charge on any atom is -0.483 e. The molecule has 30 heavy (non-hydrogen) atoms. The van der Waals surface area contributed by atoms with Crippen molar-refractivity contribution in [3.8, 4) is 0 Å². The van der Waals surface area contributed by atoms with E-state index in [1.54, 1.807) is 4.90 Å². The predicted octanol–water partition coefficient (Wildman–Crippen LogP) is 2.88. The van der Waals surface area contributed by atoms with E-state index >= 15 is 0 Å². The van der Waals surface area contributed by atoms with E-state index in [9.17, 15) is 4.79 Å². The van der Waals surface area contributed by atoms with E-state index in [0.717, 1.165) is 26.2 Å². The zero-order chi connectivity index (χ0) is 21.7. The summed E-state index contributed by atoms with van der Waals surface area (Å²) in [5, 5.41) is 6.89. The Balaban J connectivity index is 0.000000806. The molecule has 2 saturated heterocycles. The summed E-state index contributed by atoms with van der Waals surface area (Å²) in [5.41, 5.74) is 3.87. The van der Waals surface area contributed by atoms with Crippen molar-refractivity contribution < 1.29 is 14.7 Å². The van der Waals surface area contributed by atoms with Gasteiger partial charge in [0.2, 0.25) is 0 Å². The quantitative estimate of drug-likeness (QED) is 0.788. The topological polar surface area (TPSA) is 77.0 Å². The van der Waals surface area contributed by atoms with Crippen LogP contribution in [0.4, 0.5) is 4.79 Å². The monoisotopic (exact) mass is 410 g/mol. The van der Waals surface area contributed by atoms with Crippen molar-refractivity contribution in [3.63, 3.8) is 0 Å². The fraction of sp³-hybridized carbons (Fsp3) is 0.435. The number of aromatic nitrogens is 1. The average Bonchev–Trinajstić information content (AvgIpc) is 3.26. The smallest absolute Gasteiger partial charge is 0.320 e. The van der Waals surface area contributed by atoms with Gasteiger partial charge in [-0.05, 0) is 41.7 Å². The van der Waals surface area contributed by atoms with Gasteiger partial charge in [-0.3, -0.25) is 14.7 Å². The van der Waals surface area contributed by atoms with Crippen LogP contribution >= 0.6 is 0 Å². The molecule has 160 valence electrons. The zero-order valence-corrected chi connectivity index (χ0v) is 17.8. The molecule has 0 radical (unpaired) electrons. The van der Waals surface area contributed by atoms with Crippen molar-refractivity contribution in [3.05, 3.63) is 65.5 Å². The number of rotatable bonds is 3. The van der Waals surface area contributed by atoms with E-state index < -0.39 is 0 Å². The van der Waals surface area contributed by atoms with E-state index in [4.69, 9.17) is 9.90 Å². The number of aryl methyl sites for hydroxylation is 1. The summed E-state index contributed by atoms with van der Waals surface area (Å²) >= 11 is 0. The molecule has 7 heteroatoms. The second-order valence-corrected chi connectivity index (χ2v) is 8.21. The molecule has 1 aromatic carbocycles. The number of hydrogen-bond acceptors (Lipinski definition) is 4. The molecular weight excluding hydrogens is 380 g/mol. The molecule has 2 amide bonds. The van der Waals surface area contributed by atoms with E-state index in [1.165, 1.54) is 16.7 Å². The minimum atomic E-state index is -0.250. The van der Waals surface area contributed by atoms with Gasteiger partial charge in [0.05, 0.1) is 6.04 Å². The number of pyridine rings is 1. The molecule has 0 unspecified atom stereocenters. The average molecular weight is 411 g/mol. The lowest BCUT2D eigenvalue weighted by molar-refractivity contribution is -0.122. The number of benzene rings is 1. The van der Waals surface area contributed by atoms with Crippen molar-refractivity contribution in [2.75, 3.05) is 33.7 Å². The predicted molar refractivity (Wildman–Crippen MR) is 115 cm³/mol. The van der Waals surface area contributed by atoms with Crippen LogP contribution in [0.2, 0.25) is 0 Å². The summed E-state index contributed by atoms with van der Waals surface area (Å²) in [5.74, 6) is 1.01. The highest BCUT2D eigenvalue weighted by molar-refractivity contribution is 5.75. The molecule has 2 aliphatic rings. The van der Waals surface area contributed by atoms with Crippen LogP contribution in [0.5, 0.6) is 0 Å². The van der Waals surface area contributed by atoms with Crippen molar-refractivity contribution in [2.24, 2.45) is 11.8 Å². The summed E-state index contributed by atoms with van der Waals surface area (Å²) in [6.07, 6.45) is 3.72. The van der Waals surface area contributed by atoms with Crippen molar-refractivity contribution in [2.45, 2.75) is 19.5 Å². The van der Waals surface area contributed by atoms with E-state index in [1.807, 2.05) is 26.5 Å². The summed E-state index contributed by atoms with van der Waals surface area (Å²) < 4.78 is 0. The number of carbonyl (C=O) groups excluding carboxylic acids is 1. The summed E-state index contributed by atoms with van der Waals surface area (Å²) in [6.45, 7) is 5.78. The fourth-order valence-electron chi connectivity index (χ4n) is 4.78. The molecule has 4 rings (SSSR count). The molecule has 1 aromatic heterocycles. The normalized spacial score (nSPS) is 22.8. The van der Waals surface area contributed by atoms with Gasteiger partial charge in [-0.1, -0.05) is 24.3 Å². The number of hydrogen-bond donors (Lipinski definition) is 1. The largest absolute Gasteiger partial charge is 0.483 e. The van der Waals surface area contributed by atoms with Gasteiger partial charge in [-0.2, -0.15) is 0 Å². The highest BCUT2D eigenvalue weighted by Crippen LogP contribution is 2.46. The third-order valence-electron chi connectivity index (χ3n) is 6.03. The maximum atomic E-state index is 12.9. The first-order valence-electron chi connectivity index (χ1n) is 10.2. The highest BCUT2D eigenvalue weighted by Gasteiger charge is 2.49. The first kappa shape index (κ1) is 21.8. The van der Waals surface area contributed by atoms with Crippen LogP contribution in [-0.4, -0.2) is 71.0 Å². The van der Waals surface area contributed by atoms with Gasteiger partial charge in [0.15, 0.2) is 0 Å². The Hall–Kier alpha value is -2.93. The Labute approximate surface area is 177 Å². The summed E-state index contributed by atoms with van der Waals surface area (Å²) in [4.78, 5) is 31.7. The number of carboxylic acid groups (broad SMARTS) is 1. The Morgan fingerprint density at radius 3 is 2.47 bits per heavy atom. The number of likely N-dealkylation sites (tertiary alicyclic amines) is 2. The first-order chi connectivity index (χ1) is 14.5. The molecule has 7 nitrogen and oxygen atoms in total. The Kier molecular flexibility index (Phi) is 7.05. The summed E-state index contributed by atoms with van der Waals surface area (Å²) in [7, 11) is 3.70. The lowest BCUT2D eigenvalue weighted by atomic mass is 9.88. The molecule has 2 aromatic rings.